The predicted molar refractivity (Wildman–Crippen MR) is 93.7 cm³/mol. The van der Waals surface area contributed by atoms with Gasteiger partial charge in [0.1, 0.15) is 0 Å². The maximum Gasteiger partial charge on any atom is 0.251 e. The van der Waals surface area contributed by atoms with Crippen molar-refractivity contribution in [1.82, 2.24) is 4.90 Å². The number of likely N-dealkylation sites (tertiary alicyclic amines) is 1. The summed E-state index contributed by atoms with van der Waals surface area (Å²) in [5.74, 6) is -0.190. The number of halogens is 1. The molecule has 6 heteroatoms. The van der Waals surface area contributed by atoms with Gasteiger partial charge in [0.2, 0.25) is 5.91 Å². The van der Waals surface area contributed by atoms with Crippen LogP contribution in [0.2, 0.25) is 0 Å². The van der Waals surface area contributed by atoms with Crippen LogP contribution in [-0.4, -0.2) is 49.1 Å². The number of hydrogen-bond acceptors (Lipinski definition) is 4. The number of carbonyl (C=O) groups is 2. The molecule has 3 aliphatic rings. The Bertz CT molecular complexity index is 655. The molecule has 3 fully saturated rings. The Kier molecular flexibility index (Phi) is 4.22. The summed E-state index contributed by atoms with van der Waals surface area (Å²) >= 11 is 3.38. The topological polar surface area (TPSA) is 49.9 Å². The van der Waals surface area contributed by atoms with E-state index in [1.165, 1.54) is 4.90 Å². The molecule has 0 aliphatic carbocycles. The first kappa shape index (κ1) is 16.2. The fraction of sp³-hybridized carbons (Fsp3) is 0.556. The first-order chi connectivity index (χ1) is 11.6. The minimum Gasteiger partial charge on any atom is -0.381 e. The summed E-state index contributed by atoms with van der Waals surface area (Å²) in [6.07, 6.45) is 3.60. The number of nitrogens with zero attached hydrogens (tertiary/aromatic N) is 2. The number of carbonyl (C=O) groups excluding carboxylic acids is 2. The molecule has 0 N–H and O–H groups in total. The molecule has 1 aromatic carbocycles. The van der Waals surface area contributed by atoms with E-state index in [0.29, 0.717) is 5.69 Å². The van der Waals surface area contributed by atoms with E-state index in [9.17, 15) is 9.59 Å². The van der Waals surface area contributed by atoms with Crippen LogP contribution in [0.15, 0.2) is 28.7 Å². The van der Waals surface area contributed by atoms with E-state index in [1.807, 2.05) is 24.3 Å². The van der Waals surface area contributed by atoms with Crippen LogP contribution in [-0.2, 0) is 14.3 Å². The van der Waals surface area contributed by atoms with Crippen molar-refractivity contribution in [2.45, 2.75) is 31.7 Å². The second kappa shape index (κ2) is 6.24. The van der Waals surface area contributed by atoms with Crippen LogP contribution < -0.4 is 4.90 Å². The summed E-state index contributed by atoms with van der Waals surface area (Å²) < 4.78 is 6.61. The highest BCUT2D eigenvalue weighted by atomic mass is 79.9. The number of imide groups is 1. The van der Waals surface area contributed by atoms with Gasteiger partial charge in [-0.2, -0.15) is 0 Å². The average molecular weight is 393 g/mol. The van der Waals surface area contributed by atoms with E-state index in [0.717, 1.165) is 50.0 Å². The lowest BCUT2D eigenvalue weighted by Gasteiger charge is -2.33. The first-order valence-electron chi connectivity index (χ1n) is 8.52. The summed E-state index contributed by atoms with van der Waals surface area (Å²) in [5, 5.41) is 0. The molecule has 3 heterocycles. The molecule has 0 bridgehead atoms. The third kappa shape index (κ3) is 2.80. The quantitative estimate of drug-likeness (QED) is 0.725. The zero-order valence-electron chi connectivity index (χ0n) is 13.5. The van der Waals surface area contributed by atoms with E-state index in [4.69, 9.17) is 4.74 Å². The number of anilines is 1. The highest BCUT2D eigenvalue weighted by molar-refractivity contribution is 9.10. The summed E-state index contributed by atoms with van der Waals surface area (Å²) in [7, 11) is 0. The van der Waals surface area contributed by atoms with Gasteiger partial charge in [-0.1, -0.05) is 15.9 Å². The number of ether oxygens (including phenoxy) is 1. The molecule has 0 radical (unpaired) electrons. The summed E-state index contributed by atoms with van der Waals surface area (Å²) in [6.45, 7) is 3.38. The smallest absolute Gasteiger partial charge is 0.251 e. The third-order valence-electron chi connectivity index (χ3n) is 5.52. The Morgan fingerprint density at radius 2 is 1.96 bits per heavy atom. The Morgan fingerprint density at radius 3 is 2.67 bits per heavy atom. The van der Waals surface area contributed by atoms with Crippen molar-refractivity contribution < 1.29 is 14.3 Å². The molecule has 5 nitrogen and oxygen atoms in total. The van der Waals surface area contributed by atoms with Gasteiger partial charge in [0.05, 0.1) is 24.8 Å². The maximum absolute atomic E-state index is 12.9. The minimum absolute atomic E-state index is 0.0869. The van der Waals surface area contributed by atoms with Crippen molar-refractivity contribution in [3.05, 3.63) is 28.7 Å². The normalized spacial score (nSPS) is 31.4. The zero-order chi connectivity index (χ0) is 16.7. The third-order valence-corrected chi connectivity index (χ3v) is 6.05. The SMILES string of the molecule is O=C1CC(N2CCC3(CCCOC3)C2)C(=O)N1c1ccc(Br)cc1. The Labute approximate surface area is 150 Å². The van der Waals surface area contributed by atoms with Gasteiger partial charge in [0.25, 0.3) is 5.91 Å². The van der Waals surface area contributed by atoms with Gasteiger partial charge in [-0.25, -0.2) is 4.90 Å². The second-order valence-corrected chi connectivity index (χ2v) is 8.06. The highest BCUT2D eigenvalue weighted by Gasteiger charge is 2.48. The average Bonchev–Trinajstić information content (AvgIpc) is 3.11. The highest BCUT2D eigenvalue weighted by Crippen LogP contribution is 2.40. The minimum atomic E-state index is -0.317. The first-order valence-corrected chi connectivity index (χ1v) is 9.32. The molecule has 0 aromatic heterocycles. The molecule has 128 valence electrons. The standard InChI is InChI=1S/C18H21BrN2O3/c19-13-2-4-14(5-3-13)21-16(22)10-15(17(21)23)20-8-7-18(11-20)6-1-9-24-12-18/h2-5,15H,1,6-12H2. The van der Waals surface area contributed by atoms with E-state index in [2.05, 4.69) is 20.8 Å². The molecular weight excluding hydrogens is 372 g/mol. The van der Waals surface area contributed by atoms with Crippen molar-refractivity contribution in [1.29, 1.82) is 0 Å². The van der Waals surface area contributed by atoms with Gasteiger partial charge in [0, 0.05) is 23.0 Å². The molecule has 2 atom stereocenters. The Balaban J connectivity index is 1.50. The molecule has 4 rings (SSSR count). The van der Waals surface area contributed by atoms with Crippen LogP contribution in [0.25, 0.3) is 0 Å². The van der Waals surface area contributed by atoms with Crippen LogP contribution in [0.4, 0.5) is 5.69 Å². The molecule has 24 heavy (non-hydrogen) atoms. The molecule has 2 unspecified atom stereocenters. The van der Waals surface area contributed by atoms with E-state index in [-0.39, 0.29) is 29.7 Å². The van der Waals surface area contributed by atoms with Gasteiger partial charge >= 0.3 is 0 Å². The lowest BCUT2D eigenvalue weighted by molar-refractivity contribution is -0.122. The Hall–Kier alpha value is -1.24. The Morgan fingerprint density at radius 1 is 1.17 bits per heavy atom. The predicted octanol–water partition coefficient (Wildman–Crippen LogP) is 2.58. The molecule has 3 saturated heterocycles. The number of benzene rings is 1. The lowest BCUT2D eigenvalue weighted by Crippen LogP contribution is -2.43. The lowest BCUT2D eigenvalue weighted by atomic mass is 9.82. The zero-order valence-corrected chi connectivity index (χ0v) is 15.1. The van der Waals surface area contributed by atoms with Crippen molar-refractivity contribution in [3.8, 4) is 0 Å². The van der Waals surface area contributed by atoms with Crippen LogP contribution in [0.5, 0.6) is 0 Å². The number of amides is 2. The maximum atomic E-state index is 12.9. The van der Waals surface area contributed by atoms with Crippen molar-refractivity contribution in [3.63, 3.8) is 0 Å². The van der Waals surface area contributed by atoms with E-state index >= 15 is 0 Å². The summed E-state index contributed by atoms with van der Waals surface area (Å²) in [5.41, 5.74) is 0.845. The number of rotatable bonds is 2. The van der Waals surface area contributed by atoms with Crippen LogP contribution in [0, 0.1) is 5.41 Å². The second-order valence-electron chi connectivity index (χ2n) is 7.14. The van der Waals surface area contributed by atoms with Crippen molar-refractivity contribution in [2.24, 2.45) is 5.41 Å². The van der Waals surface area contributed by atoms with Gasteiger partial charge in [0.15, 0.2) is 0 Å². The van der Waals surface area contributed by atoms with Gasteiger partial charge in [-0.05, 0) is 50.1 Å². The molecule has 3 aliphatic heterocycles. The molecule has 1 spiro atoms. The molecule has 0 saturated carbocycles. The molecule has 2 amide bonds. The van der Waals surface area contributed by atoms with Crippen molar-refractivity contribution in [2.75, 3.05) is 31.2 Å². The van der Waals surface area contributed by atoms with Crippen LogP contribution in [0.1, 0.15) is 25.7 Å². The fourth-order valence-corrected chi connectivity index (χ4v) is 4.49. The van der Waals surface area contributed by atoms with Gasteiger partial charge in [-0.3, -0.25) is 14.5 Å². The molecular formula is C18H21BrN2O3. The van der Waals surface area contributed by atoms with Crippen LogP contribution >= 0.6 is 15.9 Å². The molecule has 1 aromatic rings. The van der Waals surface area contributed by atoms with Gasteiger partial charge < -0.3 is 4.74 Å². The monoisotopic (exact) mass is 392 g/mol. The van der Waals surface area contributed by atoms with E-state index < -0.39 is 0 Å². The fourth-order valence-electron chi connectivity index (χ4n) is 4.23. The van der Waals surface area contributed by atoms with Crippen molar-refractivity contribution >= 4 is 33.4 Å². The van der Waals surface area contributed by atoms with E-state index in [1.54, 1.807) is 0 Å². The van der Waals surface area contributed by atoms with Gasteiger partial charge in [-0.15, -0.1) is 0 Å². The van der Waals surface area contributed by atoms with Crippen LogP contribution in [0.3, 0.4) is 0 Å². The largest absolute Gasteiger partial charge is 0.381 e. The number of hydrogen-bond donors (Lipinski definition) is 0. The summed E-state index contributed by atoms with van der Waals surface area (Å²) in [6, 6.07) is 7.01. The summed E-state index contributed by atoms with van der Waals surface area (Å²) in [4.78, 5) is 28.9.